The molecule has 0 saturated carbocycles. The van der Waals surface area contributed by atoms with Crippen molar-refractivity contribution in [3.8, 4) is 0 Å². The molecular formula is C19H29N7O6. The molecule has 0 aromatic carbocycles. The first-order valence-electron chi connectivity index (χ1n) is 10.2. The summed E-state index contributed by atoms with van der Waals surface area (Å²) in [4.78, 5) is 68.3. The minimum atomic E-state index is -1.16. The van der Waals surface area contributed by atoms with Crippen molar-refractivity contribution < 1.29 is 29.1 Å². The molecule has 1 aromatic heterocycles. The summed E-state index contributed by atoms with van der Waals surface area (Å²) in [6.07, 6.45) is 3.71. The highest BCUT2D eigenvalue weighted by Crippen LogP contribution is 2.19. The highest BCUT2D eigenvalue weighted by Gasteiger charge is 2.38. The van der Waals surface area contributed by atoms with Crippen molar-refractivity contribution in [3.63, 3.8) is 0 Å². The van der Waals surface area contributed by atoms with E-state index in [1.807, 2.05) is 0 Å². The summed E-state index contributed by atoms with van der Waals surface area (Å²) >= 11 is 0. The summed E-state index contributed by atoms with van der Waals surface area (Å²) in [7, 11) is 0. The van der Waals surface area contributed by atoms with Crippen LogP contribution in [0.2, 0.25) is 0 Å². The van der Waals surface area contributed by atoms with Gasteiger partial charge in [0, 0.05) is 31.3 Å². The molecule has 4 atom stereocenters. The Balaban J connectivity index is 2.00. The van der Waals surface area contributed by atoms with Crippen LogP contribution in [0.5, 0.6) is 0 Å². The van der Waals surface area contributed by atoms with Crippen molar-refractivity contribution in [3.05, 3.63) is 18.2 Å². The summed E-state index contributed by atoms with van der Waals surface area (Å²) in [6, 6.07) is -4.12. The maximum Gasteiger partial charge on any atom is 0.326 e. The molecule has 0 bridgehead atoms. The Hall–Kier alpha value is -3.48. The van der Waals surface area contributed by atoms with E-state index in [9.17, 15) is 29.1 Å². The van der Waals surface area contributed by atoms with Gasteiger partial charge >= 0.3 is 5.97 Å². The second-order valence-corrected chi connectivity index (χ2v) is 7.71. The first-order valence-corrected chi connectivity index (χ1v) is 10.2. The van der Waals surface area contributed by atoms with E-state index in [4.69, 9.17) is 11.5 Å². The number of H-pyrrole nitrogens is 1. The molecule has 1 aliphatic heterocycles. The number of carbonyl (C=O) groups is 5. The molecule has 13 nitrogen and oxygen atoms in total. The molecule has 1 aromatic rings. The third-order valence-corrected chi connectivity index (χ3v) is 5.20. The molecule has 4 amide bonds. The first-order chi connectivity index (χ1) is 15.1. The fourth-order valence-electron chi connectivity index (χ4n) is 3.44. The van der Waals surface area contributed by atoms with Crippen LogP contribution in [0.3, 0.4) is 0 Å². The van der Waals surface area contributed by atoms with Crippen molar-refractivity contribution >= 4 is 29.6 Å². The number of primary amides is 1. The predicted molar refractivity (Wildman–Crippen MR) is 111 cm³/mol. The number of carboxylic acids is 1. The van der Waals surface area contributed by atoms with Crippen LogP contribution in [-0.4, -0.2) is 80.3 Å². The molecule has 2 heterocycles. The molecule has 1 fully saturated rings. The van der Waals surface area contributed by atoms with E-state index in [1.54, 1.807) is 0 Å². The van der Waals surface area contributed by atoms with Crippen LogP contribution < -0.4 is 22.1 Å². The standard InChI is InChI=1S/C19H29N7O6/c1-10(24-17(29)12(20)7-11-8-22-9-23-11)16(28)25-13(4-5-15(21)27)18(30)26-6-2-3-14(26)19(31)32/h8-10,12-14H,2-7,20H2,1H3,(H2,21,27)(H,22,23)(H,24,29)(H,25,28)(H,31,32). The lowest BCUT2D eigenvalue weighted by atomic mass is 10.1. The Bertz CT molecular complexity index is 843. The Morgan fingerprint density at radius 3 is 2.59 bits per heavy atom. The number of hydrogen-bond acceptors (Lipinski definition) is 7. The number of imidazole rings is 1. The van der Waals surface area contributed by atoms with Crippen molar-refractivity contribution in [1.82, 2.24) is 25.5 Å². The Labute approximate surface area is 184 Å². The number of aliphatic carboxylic acids is 1. The molecule has 8 N–H and O–H groups in total. The van der Waals surface area contributed by atoms with Crippen LogP contribution in [-0.2, 0) is 30.4 Å². The summed E-state index contributed by atoms with van der Waals surface area (Å²) in [5.74, 6) is -3.67. The smallest absolute Gasteiger partial charge is 0.326 e. The maximum atomic E-state index is 12.9. The van der Waals surface area contributed by atoms with Gasteiger partial charge in [0.05, 0.1) is 12.4 Å². The predicted octanol–water partition coefficient (Wildman–Crippen LogP) is -2.39. The third kappa shape index (κ3) is 6.77. The van der Waals surface area contributed by atoms with Gasteiger partial charge < -0.3 is 37.1 Å². The largest absolute Gasteiger partial charge is 0.480 e. The van der Waals surface area contributed by atoms with Crippen LogP contribution in [0.15, 0.2) is 12.5 Å². The van der Waals surface area contributed by atoms with E-state index in [1.165, 1.54) is 24.3 Å². The molecule has 2 rings (SSSR count). The van der Waals surface area contributed by atoms with E-state index in [0.717, 1.165) is 0 Å². The highest BCUT2D eigenvalue weighted by atomic mass is 16.4. The summed E-state index contributed by atoms with van der Waals surface area (Å²) in [6.45, 7) is 1.65. The van der Waals surface area contributed by atoms with E-state index >= 15 is 0 Å². The van der Waals surface area contributed by atoms with Gasteiger partial charge in [0.2, 0.25) is 23.6 Å². The average molecular weight is 451 g/mol. The number of aromatic nitrogens is 2. The van der Waals surface area contributed by atoms with Crippen LogP contribution in [0.4, 0.5) is 0 Å². The van der Waals surface area contributed by atoms with Gasteiger partial charge in [0.15, 0.2) is 0 Å². The number of hydrogen-bond donors (Lipinski definition) is 6. The molecule has 32 heavy (non-hydrogen) atoms. The minimum absolute atomic E-state index is 0.0945. The van der Waals surface area contributed by atoms with Crippen molar-refractivity contribution in [1.29, 1.82) is 0 Å². The van der Waals surface area contributed by atoms with E-state index < -0.39 is 53.8 Å². The minimum Gasteiger partial charge on any atom is -0.480 e. The fraction of sp³-hybridized carbons (Fsp3) is 0.579. The zero-order valence-electron chi connectivity index (χ0n) is 17.7. The van der Waals surface area contributed by atoms with Crippen LogP contribution >= 0.6 is 0 Å². The Morgan fingerprint density at radius 2 is 2.00 bits per heavy atom. The summed E-state index contributed by atoms with van der Waals surface area (Å²) in [5, 5.41) is 14.3. The van der Waals surface area contributed by atoms with E-state index in [-0.39, 0.29) is 25.8 Å². The first kappa shape index (κ1) is 24.8. The van der Waals surface area contributed by atoms with Crippen molar-refractivity contribution in [2.45, 2.75) is 63.2 Å². The maximum absolute atomic E-state index is 12.9. The van der Waals surface area contributed by atoms with Gasteiger partial charge in [-0.25, -0.2) is 9.78 Å². The van der Waals surface area contributed by atoms with E-state index in [2.05, 4.69) is 20.6 Å². The number of likely N-dealkylation sites (tertiary alicyclic amines) is 1. The monoisotopic (exact) mass is 451 g/mol. The van der Waals surface area contributed by atoms with Crippen LogP contribution in [0, 0.1) is 0 Å². The van der Waals surface area contributed by atoms with E-state index in [0.29, 0.717) is 18.5 Å². The molecule has 4 unspecified atom stereocenters. The average Bonchev–Trinajstić information content (AvgIpc) is 3.41. The third-order valence-electron chi connectivity index (χ3n) is 5.20. The molecule has 0 spiro atoms. The number of rotatable bonds is 11. The molecule has 176 valence electrons. The van der Waals surface area contributed by atoms with Gasteiger partial charge in [-0.05, 0) is 26.2 Å². The number of nitrogens with two attached hydrogens (primary N) is 2. The highest BCUT2D eigenvalue weighted by molar-refractivity contribution is 5.94. The van der Waals surface area contributed by atoms with Gasteiger partial charge in [0.25, 0.3) is 0 Å². The number of amides is 4. The summed E-state index contributed by atoms with van der Waals surface area (Å²) in [5.41, 5.74) is 11.7. The molecule has 0 radical (unpaired) electrons. The Morgan fingerprint density at radius 1 is 1.28 bits per heavy atom. The lowest BCUT2D eigenvalue weighted by molar-refractivity contribution is -0.149. The van der Waals surface area contributed by atoms with Gasteiger partial charge in [0.1, 0.15) is 18.1 Å². The van der Waals surface area contributed by atoms with Gasteiger partial charge in [-0.2, -0.15) is 0 Å². The van der Waals surface area contributed by atoms with Gasteiger partial charge in [-0.1, -0.05) is 0 Å². The van der Waals surface area contributed by atoms with Gasteiger partial charge in [-0.15, -0.1) is 0 Å². The molecule has 1 saturated heterocycles. The zero-order chi connectivity index (χ0) is 23.8. The number of nitrogens with one attached hydrogen (secondary N) is 3. The lowest BCUT2D eigenvalue weighted by Crippen LogP contribution is -2.56. The molecule has 1 aliphatic rings. The fourth-order valence-corrected chi connectivity index (χ4v) is 3.44. The molecular weight excluding hydrogens is 422 g/mol. The number of carbonyl (C=O) groups excluding carboxylic acids is 4. The topological polar surface area (TPSA) is 214 Å². The number of nitrogens with zero attached hydrogens (tertiary/aromatic N) is 2. The number of aromatic amines is 1. The molecule has 13 heteroatoms. The normalized spacial score (nSPS) is 18.4. The van der Waals surface area contributed by atoms with Crippen molar-refractivity contribution in [2.75, 3.05) is 6.54 Å². The Kier molecular flexibility index (Phi) is 8.70. The van der Waals surface area contributed by atoms with Crippen LogP contribution in [0.25, 0.3) is 0 Å². The second kappa shape index (κ2) is 11.2. The lowest BCUT2D eigenvalue weighted by Gasteiger charge is -2.28. The SMILES string of the molecule is CC(NC(=O)C(N)Cc1cnc[nH]1)C(=O)NC(CCC(N)=O)C(=O)N1CCCC1C(=O)O. The summed E-state index contributed by atoms with van der Waals surface area (Å²) < 4.78 is 0. The number of carboxylic acid groups (broad SMARTS) is 1. The molecule has 0 aliphatic carbocycles. The van der Waals surface area contributed by atoms with Crippen molar-refractivity contribution in [2.24, 2.45) is 11.5 Å². The zero-order valence-corrected chi connectivity index (χ0v) is 17.7. The quantitative estimate of drug-likeness (QED) is 0.213. The van der Waals surface area contributed by atoms with Crippen LogP contribution in [0.1, 0.15) is 38.3 Å². The van der Waals surface area contributed by atoms with Gasteiger partial charge in [-0.3, -0.25) is 19.2 Å². The second-order valence-electron chi connectivity index (χ2n) is 7.71.